The number of ether oxygens (including phenoxy) is 2. The van der Waals surface area contributed by atoms with Crippen LogP contribution in [0.3, 0.4) is 0 Å². The molecule has 0 radical (unpaired) electrons. The van der Waals surface area contributed by atoms with E-state index in [1.807, 2.05) is 24.9 Å². The number of fused-ring (bicyclic) bond motifs is 7. The van der Waals surface area contributed by atoms with Gasteiger partial charge in [0.15, 0.2) is 23.0 Å². The molecule has 3 aliphatic rings. The number of piperazine rings is 1. The molecule has 2 bridgehead atoms. The van der Waals surface area contributed by atoms with Crippen LogP contribution in [0.2, 0.25) is 0 Å². The van der Waals surface area contributed by atoms with E-state index in [9.17, 15) is 25.7 Å². The Morgan fingerprint density at radius 2 is 1.66 bits per heavy atom. The van der Waals surface area contributed by atoms with Crippen molar-refractivity contribution in [2.24, 2.45) is 0 Å². The molecular weight excluding hydrogens is 450 g/mol. The number of likely N-dealkylation sites (N-methyl/N-ethyl adjacent to an activating group) is 1. The van der Waals surface area contributed by atoms with Gasteiger partial charge in [-0.05, 0) is 44.9 Å². The molecule has 1 fully saturated rings. The third-order valence-corrected chi connectivity index (χ3v) is 8.28. The molecule has 5 atom stereocenters. The largest absolute Gasteiger partial charge is 0.507 e. The van der Waals surface area contributed by atoms with Gasteiger partial charge >= 0.3 is 0 Å². The molecule has 3 aliphatic heterocycles. The Kier molecular flexibility index (Phi) is 5.51. The Bertz CT molecular complexity index is 1260. The average Bonchev–Trinajstić information content (AvgIpc) is 2.83. The third-order valence-electron chi connectivity index (χ3n) is 8.28. The lowest BCUT2D eigenvalue weighted by Gasteiger charge is -2.59. The molecule has 186 valence electrons. The molecule has 2 aromatic rings. The summed E-state index contributed by atoms with van der Waals surface area (Å²) in [7, 11) is 4.89. The summed E-state index contributed by atoms with van der Waals surface area (Å²) in [6.07, 6.45) is 0.854. The van der Waals surface area contributed by atoms with Gasteiger partial charge in [-0.3, -0.25) is 9.80 Å². The van der Waals surface area contributed by atoms with Crippen molar-refractivity contribution in [3.63, 3.8) is 0 Å². The van der Waals surface area contributed by atoms with Crippen LogP contribution in [-0.2, 0) is 12.8 Å². The van der Waals surface area contributed by atoms with Gasteiger partial charge in [0.1, 0.15) is 11.8 Å². The maximum absolute atomic E-state index is 11.3. The SMILES string of the molecule is COc1c(C)cc2c(c1O)[C@@H]1[C@@H]3Cc4c(O)c(C)c(OC)c(O)c4[C@H](CO)N3[C@@H](C#N)[C@H](C2)N1C. The molecule has 0 unspecified atom stereocenters. The maximum Gasteiger partial charge on any atom is 0.167 e. The van der Waals surface area contributed by atoms with Crippen molar-refractivity contribution in [2.45, 2.75) is 56.9 Å². The molecule has 9 nitrogen and oxygen atoms in total. The van der Waals surface area contributed by atoms with E-state index < -0.39 is 12.1 Å². The minimum Gasteiger partial charge on any atom is -0.507 e. The lowest BCUT2D eigenvalue weighted by Crippen LogP contribution is -2.68. The summed E-state index contributed by atoms with van der Waals surface area (Å²) in [6.45, 7) is 3.20. The number of methoxy groups -OCH3 is 2. The molecule has 0 spiro atoms. The molecule has 0 amide bonds. The van der Waals surface area contributed by atoms with Crippen LogP contribution in [0.1, 0.15) is 45.5 Å². The van der Waals surface area contributed by atoms with E-state index >= 15 is 0 Å². The number of aromatic hydroxyl groups is 3. The van der Waals surface area contributed by atoms with Crippen LogP contribution in [0.25, 0.3) is 0 Å². The summed E-state index contributed by atoms with van der Waals surface area (Å²) in [5.74, 6) is 0.534. The molecule has 9 heteroatoms. The standard InChI is InChI=1S/C26H31N3O6/c1-11-6-13-7-15-17(9-27)29-16(21(28(15)3)19(13)23(32)25(11)34-4)8-14-20(18(29)10-30)24(33)26(35-5)12(2)22(14)31/h6,15-18,21,30-33H,7-8,10H2,1-5H3/t15-,16-,17-,18-,21-/m0/s1. The highest BCUT2D eigenvalue weighted by atomic mass is 16.5. The van der Waals surface area contributed by atoms with Gasteiger partial charge in [0, 0.05) is 34.3 Å². The van der Waals surface area contributed by atoms with Crippen LogP contribution >= 0.6 is 0 Å². The number of aliphatic hydroxyl groups excluding tert-OH is 1. The second-order valence-corrected chi connectivity index (χ2v) is 9.77. The Labute approximate surface area is 204 Å². The monoisotopic (exact) mass is 481 g/mol. The smallest absolute Gasteiger partial charge is 0.167 e. The van der Waals surface area contributed by atoms with E-state index in [2.05, 4.69) is 11.0 Å². The molecule has 0 saturated carbocycles. The molecule has 1 saturated heterocycles. The molecule has 4 N–H and O–H groups in total. The molecule has 5 rings (SSSR count). The zero-order chi connectivity index (χ0) is 25.3. The van der Waals surface area contributed by atoms with Crippen molar-refractivity contribution in [1.29, 1.82) is 5.26 Å². The molecule has 3 heterocycles. The Hall–Kier alpha value is -3.19. The number of phenols is 3. The lowest BCUT2D eigenvalue weighted by atomic mass is 9.71. The first-order valence-corrected chi connectivity index (χ1v) is 11.7. The summed E-state index contributed by atoms with van der Waals surface area (Å²) < 4.78 is 10.9. The lowest BCUT2D eigenvalue weighted by molar-refractivity contribution is -0.0826. The number of nitriles is 1. The number of aliphatic hydroxyl groups is 1. The fraction of sp³-hybridized carbons (Fsp3) is 0.500. The van der Waals surface area contributed by atoms with Gasteiger partial charge in [0.05, 0.1) is 39.0 Å². The third kappa shape index (κ3) is 2.97. The number of nitrogens with zero attached hydrogens (tertiary/aromatic N) is 3. The minimum atomic E-state index is -0.733. The number of hydrogen-bond acceptors (Lipinski definition) is 9. The Morgan fingerprint density at radius 1 is 1.00 bits per heavy atom. The summed E-state index contributed by atoms with van der Waals surface area (Å²) in [5.41, 5.74) is 3.86. The maximum atomic E-state index is 11.3. The van der Waals surface area contributed by atoms with Gasteiger partial charge in [0.2, 0.25) is 0 Å². The summed E-state index contributed by atoms with van der Waals surface area (Å²) in [6, 6.07) is 2.27. The van der Waals surface area contributed by atoms with E-state index in [0.29, 0.717) is 35.3 Å². The molecule has 35 heavy (non-hydrogen) atoms. The van der Waals surface area contributed by atoms with Crippen molar-refractivity contribution >= 4 is 0 Å². The van der Waals surface area contributed by atoms with E-state index in [4.69, 9.17) is 9.47 Å². The van der Waals surface area contributed by atoms with Crippen molar-refractivity contribution < 1.29 is 29.9 Å². The second-order valence-electron chi connectivity index (χ2n) is 9.77. The van der Waals surface area contributed by atoms with E-state index in [-0.39, 0.29) is 47.7 Å². The zero-order valence-corrected chi connectivity index (χ0v) is 20.5. The van der Waals surface area contributed by atoms with E-state index in [0.717, 1.165) is 16.7 Å². The second kappa shape index (κ2) is 8.19. The topological polar surface area (TPSA) is 130 Å². The molecular formula is C26H31N3O6. The molecule has 2 aromatic carbocycles. The van der Waals surface area contributed by atoms with Crippen LogP contribution in [0.5, 0.6) is 28.7 Å². The number of phenolic OH excluding ortho intramolecular Hbond substituents is 3. The minimum absolute atomic E-state index is 0.00720. The first-order chi connectivity index (χ1) is 16.7. The fourth-order valence-corrected chi connectivity index (χ4v) is 6.83. The van der Waals surface area contributed by atoms with Gasteiger partial charge in [-0.1, -0.05) is 6.07 Å². The summed E-state index contributed by atoms with van der Waals surface area (Å²) in [4.78, 5) is 4.08. The van der Waals surface area contributed by atoms with Crippen LogP contribution in [-0.4, -0.2) is 76.2 Å². The van der Waals surface area contributed by atoms with Crippen LogP contribution in [0.4, 0.5) is 0 Å². The van der Waals surface area contributed by atoms with Crippen LogP contribution in [0, 0.1) is 25.2 Å². The van der Waals surface area contributed by atoms with Crippen molar-refractivity contribution in [1.82, 2.24) is 9.80 Å². The van der Waals surface area contributed by atoms with Crippen LogP contribution < -0.4 is 9.47 Å². The predicted octanol–water partition coefficient (Wildman–Crippen LogP) is 2.20. The molecule has 0 aromatic heterocycles. The first-order valence-electron chi connectivity index (χ1n) is 11.7. The van der Waals surface area contributed by atoms with Gasteiger partial charge in [-0.25, -0.2) is 0 Å². The summed E-state index contributed by atoms with van der Waals surface area (Å²) in [5, 5.41) is 54.4. The highest BCUT2D eigenvalue weighted by Gasteiger charge is 2.56. The van der Waals surface area contributed by atoms with E-state index in [1.165, 1.54) is 14.2 Å². The number of aryl methyl sites for hydroxylation is 1. The van der Waals surface area contributed by atoms with Crippen molar-refractivity contribution in [3.8, 4) is 34.8 Å². The van der Waals surface area contributed by atoms with Gasteiger partial charge in [-0.15, -0.1) is 0 Å². The van der Waals surface area contributed by atoms with Crippen molar-refractivity contribution in [2.75, 3.05) is 27.9 Å². The highest BCUT2D eigenvalue weighted by molar-refractivity contribution is 5.64. The molecule has 0 aliphatic carbocycles. The van der Waals surface area contributed by atoms with E-state index in [1.54, 1.807) is 6.92 Å². The van der Waals surface area contributed by atoms with Crippen molar-refractivity contribution in [3.05, 3.63) is 39.4 Å². The van der Waals surface area contributed by atoms with Gasteiger partial charge in [0.25, 0.3) is 0 Å². The number of rotatable bonds is 3. The predicted molar refractivity (Wildman–Crippen MR) is 127 cm³/mol. The average molecular weight is 482 g/mol. The van der Waals surface area contributed by atoms with Crippen LogP contribution in [0.15, 0.2) is 6.07 Å². The fourth-order valence-electron chi connectivity index (χ4n) is 6.83. The van der Waals surface area contributed by atoms with Gasteiger partial charge < -0.3 is 29.9 Å². The summed E-state index contributed by atoms with van der Waals surface area (Å²) >= 11 is 0. The zero-order valence-electron chi connectivity index (χ0n) is 20.5. The van der Waals surface area contributed by atoms with Gasteiger partial charge in [-0.2, -0.15) is 5.26 Å². The quantitative estimate of drug-likeness (QED) is 0.488. The Morgan fingerprint density at radius 3 is 2.26 bits per heavy atom. The first kappa shape index (κ1) is 23.5. The number of hydrogen-bond donors (Lipinski definition) is 4. The Balaban J connectivity index is 1.78. The number of benzene rings is 2. The highest BCUT2D eigenvalue weighted by Crippen LogP contribution is 2.57. The normalized spacial score (nSPS) is 27.4.